The van der Waals surface area contributed by atoms with E-state index in [0.29, 0.717) is 18.0 Å². The molecule has 0 spiro atoms. The zero-order chi connectivity index (χ0) is 18.6. The Morgan fingerprint density at radius 2 is 1.93 bits per heavy atom. The number of carbonyl (C=O) groups is 1. The van der Waals surface area contributed by atoms with Gasteiger partial charge < -0.3 is 19.4 Å². The highest BCUT2D eigenvalue weighted by Gasteiger charge is 2.33. The number of fused-ring (bicyclic) bond motifs is 1. The van der Waals surface area contributed by atoms with Gasteiger partial charge in [-0.25, -0.2) is 4.98 Å². The highest BCUT2D eigenvalue weighted by Crippen LogP contribution is 2.32. The van der Waals surface area contributed by atoms with E-state index < -0.39 is 6.10 Å². The normalized spacial score (nSPS) is 16.6. The lowest BCUT2D eigenvalue weighted by Crippen LogP contribution is -2.47. The summed E-state index contributed by atoms with van der Waals surface area (Å²) < 4.78 is 11.7. The molecule has 6 nitrogen and oxygen atoms in total. The van der Waals surface area contributed by atoms with Crippen LogP contribution >= 0.6 is 0 Å². The van der Waals surface area contributed by atoms with Crippen LogP contribution < -0.4 is 9.47 Å². The summed E-state index contributed by atoms with van der Waals surface area (Å²) in [5.41, 5.74) is 1.92. The standard InChI is InChI=1S/C21H21N3O3/c1-15(16-7-3-2-4-8-16)24(12-17-11-22-14-23-17)21(25)20-13-26-18-9-5-6-10-19(18)27-20/h2-11,14-15,20H,12-13H2,1H3,(H,22,23)/t15-,20-/m0/s1. The fourth-order valence-electron chi connectivity index (χ4n) is 3.20. The fourth-order valence-corrected chi connectivity index (χ4v) is 3.20. The number of aromatic amines is 1. The topological polar surface area (TPSA) is 67.5 Å². The number of H-pyrrole nitrogens is 1. The summed E-state index contributed by atoms with van der Waals surface area (Å²) in [5, 5.41) is 0. The van der Waals surface area contributed by atoms with Crippen LogP contribution in [0.25, 0.3) is 0 Å². The van der Waals surface area contributed by atoms with E-state index in [9.17, 15) is 4.79 Å². The summed E-state index contributed by atoms with van der Waals surface area (Å²) in [5.74, 6) is 1.14. The Hall–Kier alpha value is -3.28. The third-order valence-electron chi connectivity index (χ3n) is 4.71. The van der Waals surface area contributed by atoms with Crippen LogP contribution in [0.15, 0.2) is 67.1 Å². The van der Waals surface area contributed by atoms with Crippen LogP contribution in [0, 0.1) is 0 Å². The van der Waals surface area contributed by atoms with Gasteiger partial charge in [-0.15, -0.1) is 0 Å². The molecular weight excluding hydrogens is 342 g/mol. The Bertz CT molecular complexity index is 896. The van der Waals surface area contributed by atoms with E-state index in [0.717, 1.165) is 11.3 Å². The first-order chi connectivity index (χ1) is 13.2. The van der Waals surface area contributed by atoms with Crippen molar-refractivity contribution in [3.05, 3.63) is 78.4 Å². The molecule has 1 aliphatic heterocycles. The molecule has 3 aromatic rings. The minimum atomic E-state index is -0.686. The molecule has 1 amide bonds. The van der Waals surface area contributed by atoms with Crippen molar-refractivity contribution >= 4 is 5.91 Å². The molecule has 27 heavy (non-hydrogen) atoms. The van der Waals surface area contributed by atoms with Gasteiger partial charge in [0.15, 0.2) is 11.5 Å². The molecule has 138 valence electrons. The zero-order valence-corrected chi connectivity index (χ0v) is 15.0. The van der Waals surface area contributed by atoms with Crippen molar-refractivity contribution in [2.45, 2.75) is 25.6 Å². The van der Waals surface area contributed by atoms with Gasteiger partial charge in [0.2, 0.25) is 6.10 Å². The van der Waals surface area contributed by atoms with Crippen molar-refractivity contribution in [3.63, 3.8) is 0 Å². The van der Waals surface area contributed by atoms with Gasteiger partial charge in [0, 0.05) is 6.20 Å². The lowest BCUT2D eigenvalue weighted by molar-refractivity contribution is -0.144. The van der Waals surface area contributed by atoms with Crippen LogP contribution in [0.3, 0.4) is 0 Å². The van der Waals surface area contributed by atoms with Crippen molar-refractivity contribution < 1.29 is 14.3 Å². The number of nitrogens with zero attached hydrogens (tertiary/aromatic N) is 2. The third-order valence-corrected chi connectivity index (χ3v) is 4.71. The van der Waals surface area contributed by atoms with Gasteiger partial charge in [-0.1, -0.05) is 42.5 Å². The molecule has 0 bridgehead atoms. The Balaban J connectivity index is 1.59. The fraction of sp³-hybridized carbons (Fsp3) is 0.238. The number of carbonyl (C=O) groups excluding carboxylic acids is 1. The van der Waals surface area contributed by atoms with Crippen LogP contribution in [0.1, 0.15) is 24.2 Å². The molecule has 2 aromatic carbocycles. The van der Waals surface area contributed by atoms with E-state index in [1.54, 1.807) is 17.4 Å². The number of imidazole rings is 1. The van der Waals surface area contributed by atoms with E-state index in [1.807, 2.05) is 61.5 Å². The lowest BCUT2D eigenvalue weighted by Gasteiger charge is -2.34. The van der Waals surface area contributed by atoms with Crippen molar-refractivity contribution in [2.75, 3.05) is 6.61 Å². The number of hydrogen-bond acceptors (Lipinski definition) is 4. The predicted octanol–water partition coefficient (Wildman–Crippen LogP) is 3.34. The largest absolute Gasteiger partial charge is 0.485 e. The van der Waals surface area contributed by atoms with Gasteiger partial charge >= 0.3 is 0 Å². The predicted molar refractivity (Wildman–Crippen MR) is 100 cm³/mol. The Morgan fingerprint density at radius 3 is 2.67 bits per heavy atom. The first kappa shape index (κ1) is 17.1. The molecule has 0 unspecified atom stereocenters. The zero-order valence-electron chi connectivity index (χ0n) is 15.0. The average Bonchev–Trinajstić information content (AvgIpc) is 3.24. The molecule has 0 saturated heterocycles. The number of benzene rings is 2. The van der Waals surface area contributed by atoms with Crippen molar-refractivity contribution in [2.24, 2.45) is 0 Å². The number of aromatic nitrogens is 2. The minimum absolute atomic E-state index is 0.115. The second-order valence-electron chi connectivity index (χ2n) is 6.49. The van der Waals surface area contributed by atoms with Crippen LogP contribution in [0.4, 0.5) is 0 Å². The summed E-state index contributed by atoms with van der Waals surface area (Å²) in [6.45, 7) is 2.62. The minimum Gasteiger partial charge on any atom is -0.485 e. The molecule has 0 aliphatic carbocycles. The molecule has 2 atom stereocenters. The molecule has 0 fully saturated rings. The first-order valence-corrected chi connectivity index (χ1v) is 8.93. The number of para-hydroxylation sites is 2. The first-order valence-electron chi connectivity index (χ1n) is 8.93. The Kier molecular flexibility index (Phi) is 4.78. The van der Waals surface area contributed by atoms with Gasteiger partial charge in [-0.2, -0.15) is 0 Å². The van der Waals surface area contributed by atoms with Gasteiger partial charge in [-0.05, 0) is 24.6 Å². The molecule has 4 rings (SSSR count). The summed E-state index contributed by atoms with van der Waals surface area (Å²) >= 11 is 0. The maximum absolute atomic E-state index is 13.3. The summed E-state index contributed by atoms with van der Waals surface area (Å²) in [4.78, 5) is 22.3. The number of rotatable bonds is 5. The van der Waals surface area contributed by atoms with E-state index in [-0.39, 0.29) is 18.6 Å². The summed E-state index contributed by atoms with van der Waals surface area (Å²) in [6.07, 6.45) is 2.65. The van der Waals surface area contributed by atoms with E-state index in [2.05, 4.69) is 9.97 Å². The maximum Gasteiger partial charge on any atom is 0.268 e. The van der Waals surface area contributed by atoms with E-state index in [4.69, 9.17) is 9.47 Å². The van der Waals surface area contributed by atoms with E-state index >= 15 is 0 Å². The van der Waals surface area contributed by atoms with E-state index in [1.165, 1.54) is 0 Å². The molecule has 1 aliphatic rings. The smallest absolute Gasteiger partial charge is 0.268 e. The molecule has 0 saturated carbocycles. The average molecular weight is 363 g/mol. The highest BCUT2D eigenvalue weighted by atomic mass is 16.6. The molecule has 1 aromatic heterocycles. The Labute approximate surface area is 157 Å². The van der Waals surface area contributed by atoms with Crippen LogP contribution in [-0.4, -0.2) is 33.5 Å². The number of hydrogen-bond donors (Lipinski definition) is 1. The van der Waals surface area contributed by atoms with Crippen LogP contribution in [-0.2, 0) is 11.3 Å². The van der Waals surface area contributed by atoms with Gasteiger partial charge in [-0.3, -0.25) is 4.79 Å². The van der Waals surface area contributed by atoms with Gasteiger partial charge in [0.25, 0.3) is 5.91 Å². The summed E-state index contributed by atoms with van der Waals surface area (Å²) in [6, 6.07) is 17.2. The highest BCUT2D eigenvalue weighted by molar-refractivity contribution is 5.82. The number of ether oxygens (including phenoxy) is 2. The van der Waals surface area contributed by atoms with Crippen molar-refractivity contribution in [1.82, 2.24) is 14.9 Å². The molecular formula is C21H21N3O3. The number of nitrogens with one attached hydrogen (secondary N) is 1. The van der Waals surface area contributed by atoms with Gasteiger partial charge in [0.1, 0.15) is 6.61 Å². The Morgan fingerprint density at radius 1 is 1.19 bits per heavy atom. The summed E-state index contributed by atoms with van der Waals surface area (Å²) in [7, 11) is 0. The van der Waals surface area contributed by atoms with Crippen LogP contribution in [0.5, 0.6) is 11.5 Å². The molecule has 1 N–H and O–H groups in total. The lowest BCUT2D eigenvalue weighted by atomic mass is 10.1. The van der Waals surface area contributed by atoms with Crippen LogP contribution in [0.2, 0.25) is 0 Å². The quantitative estimate of drug-likeness (QED) is 0.755. The molecule has 0 radical (unpaired) electrons. The maximum atomic E-state index is 13.3. The second-order valence-corrected chi connectivity index (χ2v) is 6.49. The van der Waals surface area contributed by atoms with Gasteiger partial charge in [0.05, 0.1) is 24.6 Å². The second kappa shape index (κ2) is 7.53. The third kappa shape index (κ3) is 3.65. The van der Waals surface area contributed by atoms with Crippen molar-refractivity contribution in [1.29, 1.82) is 0 Å². The number of amides is 1. The van der Waals surface area contributed by atoms with Crippen molar-refractivity contribution in [3.8, 4) is 11.5 Å². The SMILES string of the molecule is C[C@@H](c1ccccc1)N(Cc1cnc[nH]1)C(=O)[C@@H]1COc2ccccc2O1. The molecule has 6 heteroatoms. The molecule has 2 heterocycles. The monoisotopic (exact) mass is 363 g/mol.